The number of anilines is 2. The molecule has 168 valence electrons. The number of H-pyrrole nitrogens is 1. The summed E-state index contributed by atoms with van der Waals surface area (Å²) in [5.74, 6) is 0.541. The fourth-order valence-electron chi connectivity index (χ4n) is 3.98. The van der Waals surface area contributed by atoms with Crippen molar-refractivity contribution in [3.05, 3.63) is 103 Å². The SMILES string of the molecule is CSc1nc(-c2ccnc(N(C)c3ccccc3-c3ccccc3)c2)c(-c2ccc(F)cc2)[nH]1. The van der Waals surface area contributed by atoms with Crippen LogP contribution in [0.3, 0.4) is 0 Å². The van der Waals surface area contributed by atoms with Crippen molar-refractivity contribution >= 4 is 23.3 Å². The molecule has 0 spiro atoms. The third-order valence-electron chi connectivity index (χ3n) is 5.72. The summed E-state index contributed by atoms with van der Waals surface area (Å²) >= 11 is 1.54. The molecule has 0 radical (unpaired) electrons. The van der Waals surface area contributed by atoms with Crippen LogP contribution in [-0.4, -0.2) is 28.3 Å². The number of pyridine rings is 1. The van der Waals surface area contributed by atoms with Gasteiger partial charge in [0.25, 0.3) is 0 Å². The van der Waals surface area contributed by atoms with Gasteiger partial charge >= 0.3 is 0 Å². The van der Waals surface area contributed by atoms with Gasteiger partial charge in [-0.3, -0.25) is 0 Å². The zero-order valence-corrected chi connectivity index (χ0v) is 19.7. The minimum absolute atomic E-state index is 0.264. The molecule has 0 aliphatic rings. The molecule has 0 bridgehead atoms. The second kappa shape index (κ2) is 9.53. The number of rotatable bonds is 6. The molecule has 0 aliphatic heterocycles. The van der Waals surface area contributed by atoms with Crippen LogP contribution in [0.15, 0.2) is 102 Å². The number of aromatic amines is 1. The lowest BCUT2D eigenvalue weighted by atomic mass is 10.0. The molecule has 5 aromatic rings. The first-order valence-electron chi connectivity index (χ1n) is 10.9. The van der Waals surface area contributed by atoms with Crippen LogP contribution in [0.2, 0.25) is 0 Å². The van der Waals surface area contributed by atoms with Crippen LogP contribution in [0.1, 0.15) is 0 Å². The highest BCUT2D eigenvalue weighted by molar-refractivity contribution is 7.98. The highest BCUT2D eigenvalue weighted by Gasteiger charge is 2.17. The molecule has 0 saturated heterocycles. The van der Waals surface area contributed by atoms with Crippen molar-refractivity contribution < 1.29 is 4.39 Å². The molecule has 34 heavy (non-hydrogen) atoms. The lowest BCUT2D eigenvalue weighted by molar-refractivity contribution is 0.628. The number of hydrogen-bond acceptors (Lipinski definition) is 4. The Morgan fingerprint density at radius 2 is 1.56 bits per heavy atom. The predicted octanol–water partition coefficient (Wildman–Crippen LogP) is 7.43. The molecule has 0 aliphatic carbocycles. The fraction of sp³-hybridized carbons (Fsp3) is 0.0714. The summed E-state index contributed by atoms with van der Waals surface area (Å²) in [4.78, 5) is 14.9. The zero-order chi connectivity index (χ0) is 23.5. The third kappa shape index (κ3) is 4.32. The maximum Gasteiger partial charge on any atom is 0.166 e. The van der Waals surface area contributed by atoms with E-state index in [9.17, 15) is 4.39 Å². The molecule has 2 heterocycles. The first-order valence-corrected chi connectivity index (χ1v) is 12.1. The highest BCUT2D eigenvalue weighted by Crippen LogP contribution is 2.36. The molecular weight excluding hydrogens is 443 g/mol. The molecule has 2 aromatic heterocycles. The average molecular weight is 467 g/mol. The van der Waals surface area contributed by atoms with Crippen molar-refractivity contribution in [2.45, 2.75) is 5.16 Å². The first kappa shape index (κ1) is 21.9. The minimum atomic E-state index is -0.264. The Labute approximate surface area is 202 Å². The van der Waals surface area contributed by atoms with Gasteiger partial charge in [-0.25, -0.2) is 14.4 Å². The molecule has 0 fully saturated rings. The lowest BCUT2D eigenvalue weighted by Gasteiger charge is -2.22. The Morgan fingerprint density at radius 3 is 2.32 bits per heavy atom. The van der Waals surface area contributed by atoms with E-state index in [-0.39, 0.29) is 5.82 Å². The van der Waals surface area contributed by atoms with Gasteiger partial charge in [0.05, 0.1) is 11.4 Å². The second-order valence-corrected chi connectivity index (χ2v) is 8.62. The zero-order valence-electron chi connectivity index (χ0n) is 18.9. The van der Waals surface area contributed by atoms with E-state index in [0.29, 0.717) is 0 Å². The summed E-state index contributed by atoms with van der Waals surface area (Å²) in [6.07, 6.45) is 3.78. The predicted molar refractivity (Wildman–Crippen MR) is 139 cm³/mol. The Kier molecular flexibility index (Phi) is 6.14. The molecule has 5 rings (SSSR count). The Bertz CT molecular complexity index is 1410. The Balaban J connectivity index is 1.56. The standard InChI is InChI=1S/C28H23FN4S/c1-33(24-11-7-6-10-23(24)19-8-4-3-5-9-19)25-18-21(16-17-30-25)27-26(31-28(32-27)34-2)20-12-14-22(29)15-13-20/h3-18H,1-2H3,(H,31,32). The van der Waals surface area contributed by atoms with Crippen molar-refractivity contribution in [1.29, 1.82) is 0 Å². The van der Waals surface area contributed by atoms with Crippen molar-refractivity contribution in [2.24, 2.45) is 0 Å². The number of hydrogen-bond donors (Lipinski definition) is 1. The molecule has 0 amide bonds. The highest BCUT2D eigenvalue weighted by atomic mass is 32.2. The third-order valence-corrected chi connectivity index (χ3v) is 6.30. The monoisotopic (exact) mass is 466 g/mol. The summed E-state index contributed by atoms with van der Waals surface area (Å²) in [5.41, 5.74) is 6.82. The number of nitrogens with zero attached hydrogens (tertiary/aromatic N) is 3. The largest absolute Gasteiger partial charge is 0.332 e. The van der Waals surface area contributed by atoms with E-state index in [0.717, 1.165) is 50.3 Å². The summed E-state index contributed by atoms with van der Waals surface area (Å²) in [6.45, 7) is 0. The van der Waals surface area contributed by atoms with Gasteiger partial charge in [0.15, 0.2) is 5.16 Å². The van der Waals surface area contributed by atoms with Crippen molar-refractivity contribution in [3.8, 4) is 33.6 Å². The van der Waals surface area contributed by atoms with Crippen LogP contribution < -0.4 is 4.90 Å². The van der Waals surface area contributed by atoms with Crippen molar-refractivity contribution in [3.63, 3.8) is 0 Å². The summed E-state index contributed by atoms with van der Waals surface area (Å²) < 4.78 is 13.5. The van der Waals surface area contributed by atoms with Gasteiger partial charge in [-0.15, -0.1) is 0 Å². The molecule has 0 unspecified atom stereocenters. The normalized spacial score (nSPS) is 10.9. The number of thioether (sulfide) groups is 1. The fourth-order valence-corrected chi connectivity index (χ4v) is 4.37. The second-order valence-electron chi connectivity index (χ2n) is 7.82. The van der Waals surface area contributed by atoms with Crippen LogP contribution in [0.4, 0.5) is 15.9 Å². The molecule has 1 N–H and O–H groups in total. The quantitative estimate of drug-likeness (QED) is 0.264. The molecule has 0 saturated carbocycles. The summed E-state index contributed by atoms with van der Waals surface area (Å²) in [7, 11) is 2.02. The van der Waals surface area contributed by atoms with E-state index in [1.165, 1.54) is 23.9 Å². The van der Waals surface area contributed by atoms with E-state index >= 15 is 0 Å². The van der Waals surface area contributed by atoms with E-state index in [1.807, 2.05) is 55.8 Å². The van der Waals surface area contributed by atoms with Crippen LogP contribution in [0, 0.1) is 5.82 Å². The number of benzene rings is 3. The number of aromatic nitrogens is 3. The van der Waals surface area contributed by atoms with Crippen LogP contribution in [0.5, 0.6) is 0 Å². The number of nitrogens with one attached hydrogen (secondary N) is 1. The average Bonchev–Trinajstić information content (AvgIpc) is 3.34. The van der Waals surface area contributed by atoms with Gasteiger partial charge in [0, 0.05) is 35.6 Å². The van der Waals surface area contributed by atoms with Crippen molar-refractivity contribution in [1.82, 2.24) is 15.0 Å². The number of halogens is 1. The number of imidazole rings is 1. The Hall–Kier alpha value is -3.90. The molecule has 0 atom stereocenters. The lowest BCUT2D eigenvalue weighted by Crippen LogP contribution is -2.12. The maximum atomic E-state index is 13.5. The molecule has 6 heteroatoms. The summed E-state index contributed by atoms with van der Waals surface area (Å²) in [5, 5.41) is 0.801. The smallest absolute Gasteiger partial charge is 0.166 e. The van der Waals surface area contributed by atoms with Crippen LogP contribution >= 0.6 is 11.8 Å². The van der Waals surface area contributed by atoms with Crippen LogP contribution in [-0.2, 0) is 0 Å². The Morgan fingerprint density at radius 1 is 0.824 bits per heavy atom. The van der Waals surface area contributed by atoms with Gasteiger partial charge in [0.1, 0.15) is 11.6 Å². The molecular formula is C28H23FN4S. The molecule has 3 aromatic carbocycles. The van der Waals surface area contributed by atoms with Gasteiger partial charge < -0.3 is 9.88 Å². The van der Waals surface area contributed by atoms with Crippen LogP contribution in [0.25, 0.3) is 33.6 Å². The maximum absolute atomic E-state index is 13.5. The first-order chi connectivity index (χ1) is 16.6. The van der Waals surface area contributed by atoms with Gasteiger partial charge in [-0.2, -0.15) is 0 Å². The van der Waals surface area contributed by atoms with E-state index in [4.69, 9.17) is 4.98 Å². The van der Waals surface area contributed by atoms with E-state index < -0.39 is 0 Å². The van der Waals surface area contributed by atoms with E-state index in [2.05, 4.69) is 39.1 Å². The minimum Gasteiger partial charge on any atom is -0.332 e. The van der Waals surface area contributed by atoms with Gasteiger partial charge in [0.2, 0.25) is 0 Å². The van der Waals surface area contributed by atoms with Gasteiger partial charge in [-0.05, 0) is 54.3 Å². The van der Waals surface area contributed by atoms with Gasteiger partial charge in [-0.1, -0.05) is 60.3 Å². The molecule has 4 nitrogen and oxygen atoms in total. The number of para-hydroxylation sites is 1. The van der Waals surface area contributed by atoms with Crippen molar-refractivity contribution in [2.75, 3.05) is 18.2 Å². The summed E-state index contributed by atoms with van der Waals surface area (Å²) in [6, 6.07) is 29.1. The van der Waals surface area contributed by atoms with E-state index in [1.54, 1.807) is 18.3 Å². The topological polar surface area (TPSA) is 44.8 Å².